The van der Waals surface area contributed by atoms with Crippen LogP contribution in [-0.2, 0) is 0 Å². The second-order valence-electron chi connectivity index (χ2n) is 5.86. The number of nitrogens with zero attached hydrogens (tertiary/aromatic N) is 2. The Morgan fingerprint density at radius 3 is 1.84 bits per heavy atom. The molecule has 1 aromatic carbocycles. The summed E-state index contributed by atoms with van der Waals surface area (Å²) in [7, 11) is 0. The second kappa shape index (κ2) is 6.64. The van der Waals surface area contributed by atoms with Crippen molar-refractivity contribution >= 4 is 11.7 Å². The first-order valence-electron chi connectivity index (χ1n) is 7.46. The van der Waals surface area contributed by atoms with Gasteiger partial charge in [-0.25, -0.2) is 4.79 Å². The molecule has 1 aromatic rings. The molecule has 1 fully saturated rings. The zero-order valence-corrected chi connectivity index (χ0v) is 13.3. The Balaban J connectivity index is 2.02. The first-order chi connectivity index (χ1) is 11.5. The predicted molar refractivity (Wildman–Crippen MR) is 79.3 cm³/mol. The van der Waals surface area contributed by atoms with Gasteiger partial charge in [-0.05, 0) is 19.1 Å². The monoisotopic (exact) mass is 369 g/mol. The average Bonchev–Trinajstić information content (AvgIpc) is 2.53. The number of para-hydroxylation sites is 1. The third kappa shape index (κ3) is 3.93. The summed E-state index contributed by atoms with van der Waals surface area (Å²) < 4.78 is 77.1. The fourth-order valence-electron chi connectivity index (χ4n) is 2.40. The SMILES string of the molecule is CC(NC(=O)N1CCN(c2ccccc2)CC1)(C(F)(F)F)C(F)(F)F. The molecule has 1 aliphatic rings. The molecule has 1 aliphatic heterocycles. The van der Waals surface area contributed by atoms with Crippen LogP contribution >= 0.6 is 0 Å². The van der Waals surface area contributed by atoms with Crippen molar-refractivity contribution in [3.63, 3.8) is 0 Å². The lowest BCUT2D eigenvalue weighted by molar-refractivity contribution is -0.298. The first-order valence-corrected chi connectivity index (χ1v) is 7.46. The number of piperazine rings is 1. The van der Waals surface area contributed by atoms with Crippen LogP contribution in [0, 0.1) is 0 Å². The first kappa shape index (κ1) is 19.2. The number of alkyl halides is 6. The number of anilines is 1. The Morgan fingerprint density at radius 1 is 0.920 bits per heavy atom. The molecular weight excluding hydrogens is 352 g/mol. The van der Waals surface area contributed by atoms with Crippen LogP contribution in [0.2, 0.25) is 0 Å². The molecule has 140 valence electrons. The summed E-state index contributed by atoms with van der Waals surface area (Å²) in [6.07, 6.45) is -11.3. The number of carbonyl (C=O) groups excluding carboxylic acids is 1. The Kier molecular flexibility index (Phi) is 5.10. The molecular formula is C15H17F6N3O. The highest BCUT2D eigenvalue weighted by Crippen LogP contribution is 2.42. The Labute approximate surface area is 140 Å². The van der Waals surface area contributed by atoms with Gasteiger partial charge in [0.2, 0.25) is 5.54 Å². The lowest BCUT2D eigenvalue weighted by atomic mass is 10.0. The molecule has 0 spiro atoms. The smallest absolute Gasteiger partial charge is 0.368 e. The number of carbonyl (C=O) groups is 1. The van der Waals surface area contributed by atoms with E-state index in [2.05, 4.69) is 0 Å². The molecule has 0 aliphatic carbocycles. The maximum Gasteiger partial charge on any atom is 0.420 e. The molecule has 0 radical (unpaired) electrons. The van der Waals surface area contributed by atoms with Crippen molar-refractivity contribution in [1.29, 1.82) is 0 Å². The van der Waals surface area contributed by atoms with E-state index in [1.54, 1.807) is 0 Å². The lowest BCUT2D eigenvalue weighted by Crippen LogP contribution is -2.68. The highest BCUT2D eigenvalue weighted by atomic mass is 19.4. The maximum absolute atomic E-state index is 12.8. The van der Waals surface area contributed by atoms with Gasteiger partial charge in [0.25, 0.3) is 0 Å². The van der Waals surface area contributed by atoms with Gasteiger partial charge in [0.1, 0.15) is 0 Å². The van der Waals surface area contributed by atoms with E-state index in [4.69, 9.17) is 0 Å². The highest BCUT2D eigenvalue weighted by Gasteiger charge is 2.68. The van der Waals surface area contributed by atoms with Gasteiger partial charge in [0.15, 0.2) is 0 Å². The van der Waals surface area contributed by atoms with Crippen LogP contribution in [0.1, 0.15) is 6.92 Å². The molecule has 0 aromatic heterocycles. The van der Waals surface area contributed by atoms with Crippen LogP contribution in [0.3, 0.4) is 0 Å². The number of nitrogens with one attached hydrogen (secondary N) is 1. The van der Waals surface area contributed by atoms with Crippen molar-refractivity contribution in [3.8, 4) is 0 Å². The van der Waals surface area contributed by atoms with Gasteiger partial charge in [-0.2, -0.15) is 26.3 Å². The number of rotatable bonds is 2. The van der Waals surface area contributed by atoms with Gasteiger partial charge in [0.05, 0.1) is 0 Å². The number of halogens is 6. The van der Waals surface area contributed by atoms with Gasteiger partial charge < -0.3 is 15.1 Å². The molecule has 2 amide bonds. The number of benzene rings is 1. The molecule has 0 atom stereocenters. The summed E-state index contributed by atoms with van der Waals surface area (Å²) in [6, 6.07) is 7.73. The maximum atomic E-state index is 12.8. The van der Waals surface area contributed by atoms with Crippen molar-refractivity contribution in [1.82, 2.24) is 10.2 Å². The van der Waals surface area contributed by atoms with Crippen molar-refractivity contribution in [3.05, 3.63) is 30.3 Å². The molecule has 25 heavy (non-hydrogen) atoms. The van der Waals surface area contributed by atoms with Gasteiger partial charge in [-0.3, -0.25) is 0 Å². The fraction of sp³-hybridized carbons (Fsp3) is 0.533. The lowest BCUT2D eigenvalue weighted by Gasteiger charge is -2.39. The fourth-order valence-corrected chi connectivity index (χ4v) is 2.40. The summed E-state index contributed by atoms with van der Waals surface area (Å²) in [6.45, 7) is 0.586. The molecule has 0 unspecified atom stereocenters. The van der Waals surface area contributed by atoms with Crippen LogP contribution < -0.4 is 10.2 Å². The minimum Gasteiger partial charge on any atom is -0.368 e. The van der Waals surface area contributed by atoms with Gasteiger partial charge >= 0.3 is 18.4 Å². The third-order valence-corrected chi connectivity index (χ3v) is 4.18. The summed E-state index contributed by atoms with van der Waals surface area (Å²) >= 11 is 0. The van der Waals surface area contributed by atoms with E-state index in [9.17, 15) is 31.1 Å². The van der Waals surface area contributed by atoms with E-state index < -0.39 is 23.9 Å². The number of urea groups is 1. The Bertz CT molecular complexity index is 580. The summed E-state index contributed by atoms with van der Waals surface area (Å²) in [4.78, 5) is 14.8. The van der Waals surface area contributed by atoms with E-state index >= 15 is 0 Å². The van der Waals surface area contributed by atoms with Crippen LogP contribution in [0.4, 0.5) is 36.8 Å². The largest absolute Gasteiger partial charge is 0.420 e. The number of hydrogen-bond acceptors (Lipinski definition) is 2. The van der Waals surface area contributed by atoms with Crippen LogP contribution in [0.5, 0.6) is 0 Å². The zero-order chi connectivity index (χ0) is 18.9. The van der Waals surface area contributed by atoms with Gasteiger partial charge in [-0.15, -0.1) is 0 Å². The molecule has 0 bridgehead atoms. The van der Waals surface area contributed by atoms with E-state index in [-0.39, 0.29) is 20.0 Å². The highest BCUT2D eigenvalue weighted by molar-refractivity contribution is 5.75. The number of amides is 2. The molecule has 1 N–H and O–H groups in total. The molecule has 1 heterocycles. The summed E-state index contributed by atoms with van der Waals surface area (Å²) in [5.74, 6) is 0. The molecule has 4 nitrogen and oxygen atoms in total. The van der Waals surface area contributed by atoms with E-state index in [0.29, 0.717) is 13.1 Å². The Hall–Kier alpha value is -2.13. The predicted octanol–water partition coefficient (Wildman–Crippen LogP) is 3.40. The summed E-state index contributed by atoms with van der Waals surface area (Å²) in [5, 5.41) is 1.12. The van der Waals surface area contributed by atoms with Crippen LogP contribution in [0.25, 0.3) is 0 Å². The van der Waals surface area contributed by atoms with Crippen molar-refractivity contribution in [2.24, 2.45) is 0 Å². The topological polar surface area (TPSA) is 35.6 Å². The third-order valence-electron chi connectivity index (χ3n) is 4.18. The number of hydrogen-bond donors (Lipinski definition) is 1. The molecule has 2 rings (SSSR count). The van der Waals surface area contributed by atoms with Crippen LogP contribution in [-0.4, -0.2) is 55.0 Å². The van der Waals surface area contributed by atoms with E-state index in [0.717, 1.165) is 15.9 Å². The molecule has 1 saturated heterocycles. The second-order valence-corrected chi connectivity index (χ2v) is 5.86. The normalized spacial score (nSPS) is 16.8. The Morgan fingerprint density at radius 2 is 1.40 bits per heavy atom. The minimum atomic E-state index is -5.66. The van der Waals surface area contributed by atoms with Crippen molar-refractivity contribution in [2.45, 2.75) is 24.8 Å². The average molecular weight is 369 g/mol. The van der Waals surface area contributed by atoms with Crippen molar-refractivity contribution < 1.29 is 31.1 Å². The van der Waals surface area contributed by atoms with Gasteiger partial charge in [0, 0.05) is 31.9 Å². The van der Waals surface area contributed by atoms with Crippen LogP contribution in [0.15, 0.2) is 30.3 Å². The standard InChI is InChI=1S/C15H17F6N3O/c1-13(14(16,17)18,15(19,20)21)22-12(25)24-9-7-23(8-10-24)11-5-3-2-4-6-11/h2-6H,7-10H2,1H3,(H,22,25). The summed E-state index contributed by atoms with van der Waals surface area (Å²) in [5.41, 5.74) is -3.42. The van der Waals surface area contributed by atoms with E-state index in [1.165, 1.54) is 0 Å². The zero-order valence-electron chi connectivity index (χ0n) is 13.3. The quantitative estimate of drug-likeness (QED) is 0.811. The molecule has 0 saturated carbocycles. The molecule has 10 heteroatoms. The van der Waals surface area contributed by atoms with E-state index in [1.807, 2.05) is 35.2 Å². The van der Waals surface area contributed by atoms with Gasteiger partial charge in [-0.1, -0.05) is 18.2 Å². The van der Waals surface area contributed by atoms with Crippen molar-refractivity contribution in [2.75, 3.05) is 31.1 Å². The minimum absolute atomic E-state index is 0.0204.